The Morgan fingerprint density at radius 1 is 0.760 bits per heavy atom. The Morgan fingerprint density at radius 2 is 1.20 bits per heavy atom. The van der Waals surface area contributed by atoms with Crippen LogP contribution in [0, 0.1) is 0 Å². The predicted molar refractivity (Wildman–Crippen MR) is 184 cm³/mol. The summed E-state index contributed by atoms with van der Waals surface area (Å²) in [5, 5.41) is 23.4. The van der Waals surface area contributed by atoms with E-state index in [0.717, 1.165) is 0 Å². The standard InChI is InChI=1S/C18H22N2O5S.C16H18N2O5S/c1-4-11(25-10-8-6-5-7-9-10)14(21)19-12-15(22)20-13(17(23)24)18(2,3)26-16(12)20;1-16(2)12(15(21)22)18-13(20)11(14(18)24-16)17-10(19)8-23-9-6-4-3-5-7-9/h5-9,11-13,16H,4H2,1-3H3,(H,19,21)(H,23,24);3-7,11-12,14H,8H2,1-2H3,(H,17,19)(H,21,22)/t11?,12-,13+,16-;11-,12+,14-/m11/s1. The van der Waals surface area contributed by atoms with Gasteiger partial charge in [0.1, 0.15) is 46.4 Å². The number of carboxylic acids is 2. The van der Waals surface area contributed by atoms with Gasteiger partial charge in [-0.1, -0.05) is 43.3 Å². The summed E-state index contributed by atoms with van der Waals surface area (Å²) >= 11 is 2.79. The van der Waals surface area contributed by atoms with Crippen molar-refractivity contribution in [2.45, 2.75) is 91.6 Å². The highest BCUT2D eigenvalue weighted by atomic mass is 32.2. The fourth-order valence-corrected chi connectivity index (χ4v) is 9.65. The van der Waals surface area contributed by atoms with Crippen molar-refractivity contribution < 1.29 is 48.5 Å². The molecule has 0 radical (unpaired) electrons. The van der Waals surface area contributed by atoms with Crippen LogP contribution in [0.1, 0.15) is 41.0 Å². The number of fused-ring (bicyclic) bond motifs is 2. The number of amides is 4. The lowest BCUT2D eigenvalue weighted by molar-refractivity contribution is -0.161. The third-order valence-electron chi connectivity index (χ3n) is 8.76. The highest BCUT2D eigenvalue weighted by Gasteiger charge is 2.65. The van der Waals surface area contributed by atoms with Crippen molar-refractivity contribution in [1.29, 1.82) is 0 Å². The Kier molecular flexibility index (Phi) is 10.6. The van der Waals surface area contributed by atoms with Gasteiger partial charge in [0.2, 0.25) is 11.8 Å². The molecule has 0 bridgehead atoms. The topological polar surface area (TPSA) is 192 Å². The average molecular weight is 729 g/mol. The molecule has 0 spiro atoms. The van der Waals surface area contributed by atoms with Gasteiger partial charge in [-0.25, -0.2) is 9.59 Å². The van der Waals surface area contributed by atoms with E-state index in [1.54, 1.807) is 64.1 Å². The minimum Gasteiger partial charge on any atom is -0.484 e. The first-order valence-electron chi connectivity index (χ1n) is 16.0. The predicted octanol–water partition coefficient (Wildman–Crippen LogP) is 2.17. The molecule has 6 rings (SSSR count). The van der Waals surface area contributed by atoms with Crippen molar-refractivity contribution in [3.05, 3.63) is 60.7 Å². The summed E-state index contributed by atoms with van der Waals surface area (Å²) in [7, 11) is 0. The molecule has 268 valence electrons. The number of carbonyl (C=O) groups excluding carboxylic acids is 4. The summed E-state index contributed by atoms with van der Waals surface area (Å²) in [4.78, 5) is 74.9. The molecule has 4 aliphatic heterocycles. The number of β-lactam (4-membered cyclic amide) rings is 2. The average Bonchev–Trinajstić information content (AvgIpc) is 3.49. The summed E-state index contributed by atoms with van der Waals surface area (Å²) in [5.41, 5.74) is 0. The number of thioether (sulfide) groups is 2. The van der Waals surface area contributed by atoms with Crippen molar-refractivity contribution in [2.24, 2.45) is 0 Å². The Hall–Kier alpha value is -4.44. The van der Waals surface area contributed by atoms with Gasteiger partial charge in [0.25, 0.3) is 11.8 Å². The molecule has 4 heterocycles. The lowest BCUT2D eigenvalue weighted by atomic mass is 9.96. The largest absolute Gasteiger partial charge is 0.484 e. The van der Waals surface area contributed by atoms with E-state index in [0.29, 0.717) is 17.9 Å². The van der Waals surface area contributed by atoms with Crippen LogP contribution >= 0.6 is 23.5 Å². The second kappa shape index (κ2) is 14.4. The third kappa shape index (κ3) is 7.22. The normalized spacial score (nSPS) is 27.2. The number of benzene rings is 2. The molecular weight excluding hydrogens is 689 g/mol. The summed E-state index contributed by atoms with van der Waals surface area (Å²) in [6.07, 6.45) is -0.263. The van der Waals surface area contributed by atoms with E-state index in [4.69, 9.17) is 9.47 Å². The molecule has 50 heavy (non-hydrogen) atoms. The van der Waals surface area contributed by atoms with Gasteiger partial charge in [0.15, 0.2) is 12.7 Å². The zero-order valence-electron chi connectivity index (χ0n) is 28.1. The molecule has 4 saturated heterocycles. The zero-order valence-corrected chi connectivity index (χ0v) is 29.7. The number of nitrogens with zero attached hydrogens (tertiary/aromatic N) is 2. The molecule has 0 aromatic heterocycles. The molecule has 1 unspecified atom stereocenters. The highest BCUT2D eigenvalue weighted by molar-refractivity contribution is 8.02. The molecule has 4 aliphatic rings. The van der Waals surface area contributed by atoms with Crippen LogP contribution < -0.4 is 20.1 Å². The summed E-state index contributed by atoms with van der Waals surface area (Å²) in [5.74, 6) is -2.40. The Morgan fingerprint density at radius 3 is 1.64 bits per heavy atom. The van der Waals surface area contributed by atoms with E-state index in [-0.39, 0.29) is 35.1 Å². The molecule has 4 amide bonds. The smallest absolute Gasteiger partial charge is 0.327 e. The van der Waals surface area contributed by atoms with E-state index >= 15 is 0 Å². The first kappa shape index (κ1) is 36.8. The van der Waals surface area contributed by atoms with Gasteiger partial charge in [-0.05, 0) is 58.4 Å². The van der Waals surface area contributed by atoms with Crippen LogP contribution in [0.3, 0.4) is 0 Å². The van der Waals surface area contributed by atoms with Crippen LogP contribution in [0.2, 0.25) is 0 Å². The molecule has 16 heteroatoms. The van der Waals surface area contributed by atoms with E-state index in [9.17, 15) is 39.0 Å². The molecule has 4 fully saturated rings. The Labute approximate surface area is 297 Å². The van der Waals surface area contributed by atoms with Crippen molar-refractivity contribution in [3.63, 3.8) is 0 Å². The minimum atomic E-state index is -1.03. The maximum Gasteiger partial charge on any atom is 0.327 e. The third-order valence-corrected chi connectivity index (χ3v) is 11.9. The molecule has 4 N–H and O–H groups in total. The fourth-order valence-electron chi connectivity index (χ4n) is 6.40. The van der Waals surface area contributed by atoms with Crippen molar-refractivity contribution >= 4 is 59.1 Å². The Bertz CT molecular complexity index is 1640. The molecule has 7 atom stereocenters. The van der Waals surface area contributed by atoms with E-state index < -0.39 is 57.6 Å². The van der Waals surface area contributed by atoms with Crippen LogP contribution in [0.5, 0.6) is 11.5 Å². The van der Waals surface area contributed by atoms with Gasteiger partial charge < -0.3 is 40.1 Å². The number of carbonyl (C=O) groups is 6. The van der Waals surface area contributed by atoms with Crippen LogP contribution in [-0.2, 0) is 28.8 Å². The van der Waals surface area contributed by atoms with E-state index in [1.807, 2.05) is 31.2 Å². The summed E-state index contributed by atoms with van der Waals surface area (Å²) < 4.78 is 9.83. The van der Waals surface area contributed by atoms with E-state index in [2.05, 4.69) is 10.6 Å². The van der Waals surface area contributed by atoms with Crippen molar-refractivity contribution in [3.8, 4) is 11.5 Å². The lowest BCUT2D eigenvalue weighted by Gasteiger charge is -2.43. The number of ether oxygens (including phenoxy) is 2. The fraction of sp³-hybridized carbons (Fsp3) is 0.471. The van der Waals surface area contributed by atoms with Crippen LogP contribution in [0.4, 0.5) is 0 Å². The summed E-state index contributed by atoms with van der Waals surface area (Å²) in [6, 6.07) is 14.7. The van der Waals surface area contributed by atoms with Crippen LogP contribution in [0.15, 0.2) is 60.7 Å². The summed E-state index contributed by atoms with van der Waals surface area (Å²) in [6.45, 7) is 8.81. The number of carboxylic acid groups (broad SMARTS) is 2. The molecule has 2 aromatic rings. The number of nitrogens with one attached hydrogen (secondary N) is 2. The number of rotatable bonds is 11. The van der Waals surface area contributed by atoms with E-state index in [1.165, 1.54) is 33.3 Å². The monoisotopic (exact) mass is 728 g/mol. The number of para-hydroxylation sites is 2. The SMILES string of the molecule is CC1(C)S[C@@H]2[C@H](NC(=O)COc3ccccc3)C(=O)N2[C@H]1C(=O)O.CCC(Oc1ccccc1)C(=O)N[C@@H]1C(=O)N2[C@@H]1SC(C)(C)[C@@H]2C(=O)O. The van der Waals surface area contributed by atoms with Gasteiger partial charge in [-0.15, -0.1) is 23.5 Å². The molecule has 14 nitrogen and oxygen atoms in total. The number of hydrogen-bond donors (Lipinski definition) is 4. The molecule has 2 aromatic carbocycles. The molecule has 0 aliphatic carbocycles. The second-order valence-electron chi connectivity index (χ2n) is 13.2. The van der Waals surface area contributed by atoms with Crippen molar-refractivity contribution in [2.75, 3.05) is 6.61 Å². The second-order valence-corrected chi connectivity index (χ2v) is 16.7. The quantitative estimate of drug-likeness (QED) is 0.247. The lowest BCUT2D eigenvalue weighted by Crippen LogP contribution is -2.71. The van der Waals surface area contributed by atoms with Gasteiger partial charge in [0, 0.05) is 9.49 Å². The molecular formula is C34H40N4O10S2. The maximum absolute atomic E-state index is 12.6. The van der Waals surface area contributed by atoms with Gasteiger partial charge in [-0.2, -0.15) is 0 Å². The first-order valence-corrected chi connectivity index (χ1v) is 17.8. The van der Waals surface area contributed by atoms with Crippen molar-refractivity contribution in [1.82, 2.24) is 20.4 Å². The highest BCUT2D eigenvalue weighted by Crippen LogP contribution is 2.51. The van der Waals surface area contributed by atoms with Crippen LogP contribution in [0.25, 0.3) is 0 Å². The number of hydrogen-bond acceptors (Lipinski definition) is 10. The van der Waals surface area contributed by atoms with Gasteiger partial charge in [0.05, 0.1) is 0 Å². The van der Waals surface area contributed by atoms with Crippen LogP contribution in [-0.4, -0.2) is 113 Å². The molecule has 0 saturated carbocycles. The maximum atomic E-state index is 12.6. The Balaban J connectivity index is 0.000000195. The number of aliphatic carboxylic acids is 2. The van der Waals surface area contributed by atoms with Gasteiger partial charge in [-0.3, -0.25) is 19.2 Å². The first-order chi connectivity index (χ1) is 23.6. The minimum absolute atomic E-state index is 0.197. The zero-order chi connectivity index (χ0) is 36.5. The van der Waals surface area contributed by atoms with Gasteiger partial charge >= 0.3 is 11.9 Å².